The summed E-state index contributed by atoms with van der Waals surface area (Å²) < 4.78 is 28.0. The molecule has 0 saturated carbocycles. The molecule has 3 aromatic rings. The van der Waals surface area contributed by atoms with E-state index in [4.69, 9.17) is 0 Å². The Morgan fingerprint density at radius 3 is 1.59 bits per heavy atom. The number of carbonyl (C=O) groups is 1. The van der Waals surface area contributed by atoms with E-state index in [1.54, 1.807) is 12.1 Å². The van der Waals surface area contributed by atoms with Gasteiger partial charge in [0.1, 0.15) is 0 Å². The Morgan fingerprint density at radius 1 is 0.741 bits per heavy atom. The van der Waals surface area contributed by atoms with E-state index in [1.165, 1.54) is 23.4 Å². The number of nitrogens with zero attached hydrogens (tertiary/aromatic N) is 1. The lowest BCUT2D eigenvalue weighted by atomic mass is 10.2. The summed E-state index contributed by atoms with van der Waals surface area (Å²) in [5.41, 5.74) is 2.32. The summed E-state index contributed by atoms with van der Waals surface area (Å²) in [7, 11) is -3.72. The van der Waals surface area contributed by atoms with E-state index >= 15 is 0 Å². The van der Waals surface area contributed by atoms with E-state index < -0.39 is 10.0 Å². The van der Waals surface area contributed by atoms with Crippen molar-refractivity contribution in [1.82, 2.24) is 4.31 Å². The Labute approximate surface area is 160 Å². The van der Waals surface area contributed by atoms with Crippen LogP contribution in [0.2, 0.25) is 0 Å². The smallest absolute Gasteiger partial charge is 0.243 e. The van der Waals surface area contributed by atoms with Crippen LogP contribution in [0, 0.1) is 0 Å². The van der Waals surface area contributed by atoms with Crippen LogP contribution in [0.5, 0.6) is 0 Å². The Hall–Kier alpha value is -2.76. The Morgan fingerprint density at radius 2 is 1.19 bits per heavy atom. The normalized spacial score (nSPS) is 11.5. The van der Waals surface area contributed by atoms with Crippen molar-refractivity contribution in [2.24, 2.45) is 0 Å². The molecule has 27 heavy (non-hydrogen) atoms. The summed E-state index contributed by atoms with van der Waals surface area (Å²) in [5, 5.41) is 0. The van der Waals surface area contributed by atoms with Crippen molar-refractivity contribution in [3.05, 3.63) is 102 Å². The number of carbonyl (C=O) groups excluding carboxylic acids is 1. The van der Waals surface area contributed by atoms with Gasteiger partial charge < -0.3 is 0 Å². The summed E-state index contributed by atoms with van der Waals surface area (Å²) in [6.45, 7) is 2.00. The topological polar surface area (TPSA) is 54.5 Å². The molecule has 5 heteroatoms. The lowest BCUT2D eigenvalue weighted by molar-refractivity contribution is 0.101. The number of hydrogen-bond donors (Lipinski definition) is 0. The molecule has 0 unspecified atom stereocenters. The maximum atomic E-state index is 13.3. The molecule has 4 nitrogen and oxygen atoms in total. The SMILES string of the molecule is CC(=O)c1ccc(S(=O)(=O)N(Cc2ccccc2)Cc2ccccc2)cc1. The maximum Gasteiger partial charge on any atom is 0.243 e. The quantitative estimate of drug-likeness (QED) is 0.576. The van der Waals surface area contributed by atoms with Gasteiger partial charge in [0.25, 0.3) is 0 Å². The average Bonchev–Trinajstić information content (AvgIpc) is 2.69. The van der Waals surface area contributed by atoms with Crippen molar-refractivity contribution < 1.29 is 13.2 Å². The van der Waals surface area contributed by atoms with Crippen LogP contribution in [0.4, 0.5) is 0 Å². The van der Waals surface area contributed by atoms with Gasteiger partial charge in [-0.05, 0) is 30.2 Å². The van der Waals surface area contributed by atoms with Gasteiger partial charge in [-0.3, -0.25) is 4.79 Å². The van der Waals surface area contributed by atoms with Crippen LogP contribution in [-0.4, -0.2) is 18.5 Å². The van der Waals surface area contributed by atoms with Crippen LogP contribution in [0.3, 0.4) is 0 Å². The third kappa shape index (κ3) is 4.70. The minimum atomic E-state index is -3.72. The molecule has 0 radical (unpaired) electrons. The monoisotopic (exact) mass is 379 g/mol. The number of sulfonamides is 1. The molecule has 138 valence electrons. The van der Waals surface area contributed by atoms with Gasteiger partial charge in [-0.2, -0.15) is 4.31 Å². The van der Waals surface area contributed by atoms with Crippen molar-refractivity contribution in [3.63, 3.8) is 0 Å². The number of benzene rings is 3. The van der Waals surface area contributed by atoms with Gasteiger partial charge in [-0.1, -0.05) is 72.8 Å². The molecule has 0 N–H and O–H groups in total. The van der Waals surface area contributed by atoms with Crippen LogP contribution >= 0.6 is 0 Å². The highest BCUT2D eigenvalue weighted by Crippen LogP contribution is 2.22. The second-order valence-corrected chi connectivity index (χ2v) is 8.26. The van der Waals surface area contributed by atoms with Crippen molar-refractivity contribution in [3.8, 4) is 0 Å². The van der Waals surface area contributed by atoms with Crippen LogP contribution in [0.15, 0.2) is 89.8 Å². The predicted molar refractivity (Wildman–Crippen MR) is 106 cm³/mol. The van der Waals surface area contributed by atoms with Crippen LogP contribution < -0.4 is 0 Å². The van der Waals surface area contributed by atoms with Gasteiger partial charge in [0.05, 0.1) is 4.90 Å². The first-order valence-corrected chi connectivity index (χ1v) is 10.1. The van der Waals surface area contributed by atoms with E-state index in [0.29, 0.717) is 5.56 Å². The Bertz CT molecular complexity index is 957. The predicted octanol–water partition coefficient (Wildman–Crippen LogP) is 4.28. The second-order valence-electron chi connectivity index (χ2n) is 6.32. The summed E-state index contributed by atoms with van der Waals surface area (Å²) >= 11 is 0. The van der Waals surface area contributed by atoms with Crippen molar-refractivity contribution in [2.75, 3.05) is 0 Å². The zero-order valence-corrected chi connectivity index (χ0v) is 15.9. The van der Waals surface area contributed by atoms with E-state index in [0.717, 1.165) is 11.1 Å². The Balaban J connectivity index is 1.95. The minimum Gasteiger partial charge on any atom is -0.295 e. The lowest BCUT2D eigenvalue weighted by Gasteiger charge is -2.22. The molecule has 0 fully saturated rings. The number of Topliss-reactive ketones (excluding diaryl/α,β-unsaturated/α-hetero) is 1. The highest BCUT2D eigenvalue weighted by Gasteiger charge is 2.25. The summed E-state index contributed by atoms with van der Waals surface area (Å²) in [6, 6.07) is 25.1. The lowest BCUT2D eigenvalue weighted by Crippen LogP contribution is -2.30. The Kier molecular flexibility index (Phi) is 5.84. The summed E-state index contributed by atoms with van der Waals surface area (Å²) in [5.74, 6) is -0.0932. The molecule has 0 saturated heterocycles. The number of ketones is 1. The molecule has 3 aromatic carbocycles. The molecule has 0 bridgehead atoms. The van der Waals surface area contributed by atoms with Crippen molar-refractivity contribution in [2.45, 2.75) is 24.9 Å². The summed E-state index contributed by atoms with van der Waals surface area (Å²) in [4.78, 5) is 11.6. The van der Waals surface area contributed by atoms with Gasteiger partial charge in [-0.25, -0.2) is 8.42 Å². The molecule has 0 spiro atoms. The van der Waals surface area contributed by atoms with Gasteiger partial charge in [-0.15, -0.1) is 0 Å². The third-order valence-electron chi connectivity index (χ3n) is 4.30. The fraction of sp³-hybridized carbons (Fsp3) is 0.136. The molecular weight excluding hydrogens is 358 g/mol. The van der Waals surface area contributed by atoms with Crippen molar-refractivity contribution in [1.29, 1.82) is 0 Å². The standard InChI is InChI=1S/C22H21NO3S/c1-18(24)21-12-14-22(15-13-21)27(25,26)23(16-19-8-4-2-5-9-19)17-20-10-6-3-7-11-20/h2-15H,16-17H2,1H3. The first-order valence-electron chi connectivity index (χ1n) is 8.66. The van der Waals surface area contributed by atoms with Crippen LogP contribution in [-0.2, 0) is 23.1 Å². The minimum absolute atomic E-state index is 0.0932. The first kappa shape index (κ1) is 19.0. The van der Waals surface area contributed by atoms with E-state index in [2.05, 4.69) is 0 Å². The fourth-order valence-corrected chi connectivity index (χ4v) is 4.23. The number of hydrogen-bond acceptors (Lipinski definition) is 3. The molecule has 0 heterocycles. The van der Waals surface area contributed by atoms with Gasteiger partial charge in [0, 0.05) is 18.7 Å². The molecule has 0 aliphatic rings. The highest BCUT2D eigenvalue weighted by atomic mass is 32.2. The largest absolute Gasteiger partial charge is 0.295 e. The average molecular weight is 379 g/mol. The first-order chi connectivity index (χ1) is 13.0. The van der Waals surface area contributed by atoms with E-state index in [-0.39, 0.29) is 23.8 Å². The van der Waals surface area contributed by atoms with Gasteiger partial charge in [0.15, 0.2) is 5.78 Å². The highest BCUT2D eigenvalue weighted by molar-refractivity contribution is 7.89. The second kappa shape index (κ2) is 8.29. The maximum absolute atomic E-state index is 13.3. The summed E-state index contributed by atoms with van der Waals surface area (Å²) in [6.07, 6.45) is 0. The molecular formula is C22H21NO3S. The van der Waals surface area contributed by atoms with E-state index in [1.807, 2.05) is 60.7 Å². The van der Waals surface area contributed by atoms with Gasteiger partial charge >= 0.3 is 0 Å². The number of rotatable bonds is 7. The van der Waals surface area contributed by atoms with Crippen LogP contribution in [0.25, 0.3) is 0 Å². The van der Waals surface area contributed by atoms with E-state index in [9.17, 15) is 13.2 Å². The van der Waals surface area contributed by atoms with Crippen molar-refractivity contribution >= 4 is 15.8 Å². The van der Waals surface area contributed by atoms with Gasteiger partial charge in [0.2, 0.25) is 10.0 Å². The molecule has 0 aliphatic carbocycles. The third-order valence-corrected chi connectivity index (χ3v) is 6.11. The van der Waals surface area contributed by atoms with Crippen LogP contribution in [0.1, 0.15) is 28.4 Å². The zero-order chi connectivity index (χ0) is 19.3. The molecule has 0 aliphatic heterocycles. The molecule has 3 rings (SSSR count). The zero-order valence-electron chi connectivity index (χ0n) is 15.1. The molecule has 0 aromatic heterocycles. The fourth-order valence-electron chi connectivity index (χ4n) is 2.81. The molecule has 0 amide bonds. The molecule has 0 atom stereocenters.